The Balaban J connectivity index is 1.63. The van der Waals surface area contributed by atoms with Crippen LogP contribution in [-0.4, -0.2) is 16.8 Å². The third-order valence-corrected chi connectivity index (χ3v) is 3.49. The first-order chi connectivity index (χ1) is 12.1. The van der Waals surface area contributed by atoms with E-state index in [1.165, 1.54) is 12.1 Å². The first-order valence-electron chi connectivity index (χ1n) is 7.38. The van der Waals surface area contributed by atoms with Gasteiger partial charge in [-0.1, -0.05) is 35.9 Å². The molecule has 2 aromatic carbocycles. The molecule has 0 spiro atoms. The van der Waals surface area contributed by atoms with E-state index in [2.05, 4.69) is 14.9 Å². The van der Waals surface area contributed by atoms with Crippen LogP contribution in [0, 0.1) is 0 Å². The molecule has 0 N–H and O–H groups in total. The number of benzene rings is 2. The van der Waals surface area contributed by atoms with Gasteiger partial charge in [-0.2, -0.15) is 8.78 Å². The Morgan fingerprint density at radius 1 is 1.08 bits per heavy atom. The first-order valence-corrected chi connectivity index (χ1v) is 7.76. The van der Waals surface area contributed by atoms with Crippen LogP contribution >= 0.6 is 11.6 Å². The highest BCUT2D eigenvalue weighted by molar-refractivity contribution is 6.30. The predicted octanol–water partition coefficient (Wildman–Crippen LogP) is 5.09. The van der Waals surface area contributed by atoms with Crippen LogP contribution in [0.2, 0.25) is 5.02 Å². The van der Waals surface area contributed by atoms with Gasteiger partial charge in [-0.05, 0) is 41.5 Å². The molecule has 0 unspecified atom stereocenters. The molecule has 0 radical (unpaired) electrons. The Labute approximate surface area is 147 Å². The molecule has 3 rings (SSSR count). The molecule has 3 aromatic rings. The molecule has 0 atom stereocenters. The van der Waals surface area contributed by atoms with E-state index in [0.717, 1.165) is 11.1 Å². The summed E-state index contributed by atoms with van der Waals surface area (Å²) in [5.74, 6) is 0.932. The SMILES string of the molecule is FC(F)Oc1ccc(/C=C\c2nnc(Cc3cccc(Cl)c3)o2)cc1. The quantitative estimate of drug-likeness (QED) is 0.613. The number of rotatable bonds is 6. The Hall–Kier alpha value is -2.73. The Morgan fingerprint density at radius 3 is 2.60 bits per heavy atom. The summed E-state index contributed by atoms with van der Waals surface area (Å²) in [7, 11) is 0. The van der Waals surface area contributed by atoms with Gasteiger partial charge in [0.25, 0.3) is 0 Å². The highest BCUT2D eigenvalue weighted by atomic mass is 35.5. The number of nitrogens with zero attached hydrogens (tertiary/aromatic N) is 2. The molecule has 0 saturated heterocycles. The Morgan fingerprint density at radius 2 is 1.88 bits per heavy atom. The van der Waals surface area contributed by atoms with E-state index in [-0.39, 0.29) is 5.75 Å². The normalized spacial score (nSPS) is 11.4. The number of hydrogen-bond donors (Lipinski definition) is 0. The monoisotopic (exact) mass is 362 g/mol. The zero-order chi connectivity index (χ0) is 17.6. The van der Waals surface area contributed by atoms with E-state index in [0.29, 0.717) is 23.2 Å². The maximum absolute atomic E-state index is 12.1. The lowest BCUT2D eigenvalue weighted by molar-refractivity contribution is -0.0498. The molecule has 0 bridgehead atoms. The van der Waals surface area contributed by atoms with Crippen molar-refractivity contribution in [2.24, 2.45) is 0 Å². The van der Waals surface area contributed by atoms with Crippen LogP contribution in [-0.2, 0) is 6.42 Å². The molecular weight excluding hydrogens is 350 g/mol. The van der Waals surface area contributed by atoms with Crippen LogP contribution in [0.1, 0.15) is 22.9 Å². The largest absolute Gasteiger partial charge is 0.435 e. The van der Waals surface area contributed by atoms with Crippen LogP contribution in [0.3, 0.4) is 0 Å². The number of hydrogen-bond acceptors (Lipinski definition) is 4. The fraction of sp³-hybridized carbons (Fsp3) is 0.111. The Kier molecular flexibility index (Phi) is 5.40. The molecule has 128 valence electrons. The molecular formula is C18H13ClF2N2O2. The maximum atomic E-state index is 12.1. The minimum absolute atomic E-state index is 0.105. The third-order valence-electron chi connectivity index (χ3n) is 3.25. The highest BCUT2D eigenvalue weighted by Gasteiger charge is 2.06. The van der Waals surface area contributed by atoms with Crippen molar-refractivity contribution in [2.75, 3.05) is 0 Å². The topological polar surface area (TPSA) is 48.2 Å². The molecule has 4 nitrogen and oxygen atoms in total. The second-order valence-electron chi connectivity index (χ2n) is 5.12. The van der Waals surface area contributed by atoms with Crippen LogP contribution in [0.25, 0.3) is 12.2 Å². The van der Waals surface area contributed by atoms with Gasteiger partial charge in [0.2, 0.25) is 11.8 Å². The van der Waals surface area contributed by atoms with Crippen molar-refractivity contribution in [2.45, 2.75) is 13.0 Å². The molecule has 7 heteroatoms. The molecule has 1 aromatic heterocycles. The van der Waals surface area contributed by atoms with Gasteiger partial charge < -0.3 is 9.15 Å². The minimum atomic E-state index is -2.84. The summed E-state index contributed by atoms with van der Waals surface area (Å²) in [6.07, 6.45) is 3.88. The molecule has 25 heavy (non-hydrogen) atoms. The number of halogens is 3. The summed E-state index contributed by atoms with van der Waals surface area (Å²) in [4.78, 5) is 0. The average molecular weight is 363 g/mol. The van der Waals surface area contributed by atoms with Crippen molar-refractivity contribution in [3.63, 3.8) is 0 Å². The smallest absolute Gasteiger partial charge is 0.387 e. The van der Waals surface area contributed by atoms with E-state index in [9.17, 15) is 8.78 Å². The van der Waals surface area contributed by atoms with Crippen LogP contribution in [0.5, 0.6) is 5.75 Å². The zero-order valence-corrected chi connectivity index (χ0v) is 13.7. The van der Waals surface area contributed by atoms with Crippen molar-refractivity contribution in [1.82, 2.24) is 10.2 Å². The van der Waals surface area contributed by atoms with E-state index in [1.54, 1.807) is 30.4 Å². The molecule has 0 amide bonds. The summed E-state index contributed by atoms with van der Waals surface area (Å²) in [5.41, 5.74) is 1.76. The van der Waals surface area contributed by atoms with Crippen molar-refractivity contribution >= 4 is 23.8 Å². The molecule has 1 heterocycles. The highest BCUT2D eigenvalue weighted by Crippen LogP contribution is 2.17. The number of ether oxygens (including phenoxy) is 1. The standard InChI is InChI=1S/C18H13ClF2N2O2/c19-14-3-1-2-13(10-14)11-17-23-22-16(25-17)9-6-12-4-7-15(8-5-12)24-18(20)21/h1-10,18H,11H2/b9-6-. The van der Waals surface area contributed by atoms with Gasteiger partial charge in [0.15, 0.2) is 0 Å². The van der Waals surface area contributed by atoms with Gasteiger partial charge in [-0.3, -0.25) is 0 Å². The minimum Gasteiger partial charge on any atom is -0.435 e. The van der Waals surface area contributed by atoms with Gasteiger partial charge in [-0.15, -0.1) is 10.2 Å². The first kappa shape index (κ1) is 17.1. The van der Waals surface area contributed by atoms with Gasteiger partial charge in [0.1, 0.15) is 5.75 Å². The number of aromatic nitrogens is 2. The second kappa shape index (κ2) is 7.90. The van der Waals surface area contributed by atoms with E-state index in [1.807, 2.05) is 18.2 Å². The molecule has 0 aliphatic carbocycles. The lowest BCUT2D eigenvalue weighted by atomic mass is 10.1. The van der Waals surface area contributed by atoms with Crippen molar-refractivity contribution < 1.29 is 17.9 Å². The van der Waals surface area contributed by atoms with E-state index < -0.39 is 6.61 Å². The van der Waals surface area contributed by atoms with Gasteiger partial charge in [0, 0.05) is 11.1 Å². The fourth-order valence-corrected chi connectivity index (χ4v) is 2.37. The zero-order valence-electron chi connectivity index (χ0n) is 12.9. The molecule has 0 aliphatic rings. The molecule has 0 saturated carbocycles. The average Bonchev–Trinajstić information content (AvgIpc) is 3.01. The second-order valence-corrected chi connectivity index (χ2v) is 5.56. The Bertz CT molecular complexity index is 864. The van der Waals surface area contributed by atoms with Crippen molar-refractivity contribution in [3.05, 3.63) is 76.5 Å². The fourth-order valence-electron chi connectivity index (χ4n) is 2.15. The summed E-state index contributed by atoms with van der Waals surface area (Å²) in [5, 5.41) is 8.58. The van der Waals surface area contributed by atoms with Gasteiger partial charge in [0.05, 0.1) is 6.42 Å². The maximum Gasteiger partial charge on any atom is 0.387 e. The lowest BCUT2D eigenvalue weighted by Gasteiger charge is -2.03. The van der Waals surface area contributed by atoms with Crippen molar-refractivity contribution in [1.29, 1.82) is 0 Å². The summed E-state index contributed by atoms with van der Waals surface area (Å²) < 4.78 is 34.0. The third kappa shape index (κ3) is 5.12. The van der Waals surface area contributed by atoms with Crippen LogP contribution in [0.15, 0.2) is 52.9 Å². The van der Waals surface area contributed by atoms with Gasteiger partial charge in [-0.25, -0.2) is 0 Å². The summed E-state index contributed by atoms with van der Waals surface area (Å²) >= 11 is 5.94. The summed E-state index contributed by atoms with van der Waals surface area (Å²) in [6, 6.07) is 13.6. The van der Waals surface area contributed by atoms with E-state index >= 15 is 0 Å². The van der Waals surface area contributed by atoms with Crippen molar-refractivity contribution in [3.8, 4) is 5.75 Å². The molecule has 0 fully saturated rings. The van der Waals surface area contributed by atoms with E-state index in [4.69, 9.17) is 16.0 Å². The summed E-state index contributed by atoms with van der Waals surface area (Å²) in [6.45, 7) is -2.84. The van der Waals surface area contributed by atoms with Gasteiger partial charge >= 0.3 is 6.61 Å². The number of alkyl halides is 2. The van der Waals surface area contributed by atoms with Crippen LogP contribution < -0.4 is 4.74 Å². The lowest BCUT2D eigenvalue weighted by Crippen LogP contribution is -2.01. The van der Waals surface area contributed by atoms with Crippen LogP contribution in [0.4, 0.5) is 8.78 Å². The molecule has 0 aliphatic heterocycles. The predicted molar refractivity (Wildman–Crippen MR) is 90.6 cm³/mol.